The van der Waals surface area contributed by atoms with E-state index in [4.69, 9.17) is 0 Å². The number of nitrogens with zero attached hydrogens (tertiary/aromatic N) is 2. The largest absolute Gasteiger partial charge is 0.299 e. The first kappa shape index (κ1) is 16.5. The van der Waals surface area contributed by atoms with Crippen LogP contribution in [-0.4, -0.2) is 35.6 Å². The summed E-state index contributed by atoms with van der Waals surface area (Å²) in [4.78, 5) is 2.60. The minimum atomic E-state index is -0.278. The fourth-order valence-corrected chi connectivity index (χ4v) is 3.36. The molecule has 1 fully saturated rings. The van der Waals surface area contributed by atoms with E-state index < -0.39 is 0 Å². The Kier molecular flexibility index (Phi) is 6.82. The Hall–Kier alpha value is -0.590. The van der Waals surface area contributed by atoms with Crippen LogP contribution in [0.4, 0.5) is 0 Å². The Morgan fingerprint density at radius 1 is 1.42 bits per heavy atom. The highest BCUT2D eigenvalue weighted by Crippen LogP contribution is 2.32. The van der Waals surface area contributed by atoms with E-state index >= 15 is 0 Å². The van der Waals surface area contributed by atoms with Gasteiger partial charge in [0.05, 0.1) is 6.07 Å². The number of hydrogen-bond acceptors (Lipinski definition) is 3. The molecule has 0 aliphatic heterocycles. The number of nitrogens with one attached hydrogen (secondary N) is 1. The van der Waals surface area contributed by atoms with E-state index in [2.05, 4.69) is 44.0 Å². The van der Waals surface area contributed by atoms with Gasteiger partial charge in [-0.25, -0.2) is 0 Å². The summed E-state index contributed by atoms with van der Waals surface area (Å²) in [5.41, 5.74) is -0.278. The summed E-state index contributed by atoms with van der Waals surface area (Å²) in [6.07, 6.45) is 6.69. The van der Waals surface area contributed by atoms with Crippen LogP contribution in [0.1, 0.15) is 66.2 Å². The normalized spacial score (nSPS) is 29.2. The molecule has 3 nitrogen and oxygen atoms in total. The molecule has 1 aliphatic carbocycles. The zero-order chi connectivity index (χ0) is 14.3. The quantitative estimate of drug-likeness (QED) is 0.767. The highest BCUT2D eigenvalue weighted by atomic mass is 15.2. The van der Waals surface area contributed by atoms with Gasteiger partial charge in [-0.05, 0) is 58.5 Å². The molecule has 1 N–H and O–H groups in total. The third-order valence-electron chi connectivity index (χ3n) is 4.64. The van der Waals surface area contributed by atoms with Crippen molar-refractivity contribution in [2.75, 3.05) is 13.1 Å². The number of nitriles is 1. The van der Waals surface area contributed by atoms with E-state index in [1.165, 1.54) is 19.3 Å². The van der Waals surface area contributed by atoms with E-state index in [-0.39, 0.29) is 5.54 Å². The predicted molar refractivity (Wildman–Crippen MR) is 81.0 cm³/mol. The Morgan fingerprint density at radius 3 is 2.68 bits per heavy atom. The maximum atomic E-state index is 9.61. The van der Waals surface area contributed by atoms with Crippen LogP contribution in [0.5, 0.6) is 0 Å². The highest BCUT2D eigenvalue weighted by Gasteiger charge is 2.38. The molecule has 0 heterocycles. The minimum Gasteiger partial charge on any atom is -0.299 e. The lowest BCUT2D eigenvalue weighted by atomic mass is 9.78. The maximum absolute atomic E-state index is 9.61. The third-order valence-corrected chi connectivity index (χ3v) is 4.64. The molecule has 0 radical (unpaired) electrons. The van der Waals surface area contributed by atoms with Crippen LogP contribution < -0.4 is 5.32 Å². The molecule has 0 saturated heterocycles. The van der Waals surface area contributed by atoms with Gasteiger partial charge in [-0.15, -0.1) is 0 Å². The molecule has 3 atom stereocenters. The Morgan fingerprint density at radius 2 is 2.16 bits per heavy atom. The SMILES string of the molecule is CCCNC1(C#N)CCCC(N(CC)C(C)CC)C1. The molecule has 0 spiro atoms. The Balaban J connectivity index is 2.73. The van der Waals surface area contributed by atoms with Crippen molar-refractivity contribution in [2.24, 2.45) is 0 Å². The second-order valence-corrected chi connectivity index (χ2v) is 5.96. The Labute approximate surface area is 119 Å². The molecule has 0 amide bonds. The molecule has 0 aromatic heterocycles. The first-order chi connectivity index (χ1) is 9.12. The lowest BCUT2D eigenvalue weighted by Gasteiger charge is -2.43. The molecule has 1 aliphatic rings. The van der Waals surface area contributed by atoms with Crippen LogP contribution in [0.2, 0.25) is 0 Å². The van der Waals surface area contributed by atoms with Crippen LogP contribution in [0.15, 0.2) is 0 Å². The summed E-state index contributed by atoms with van der Waals surface area (Å²) in [6.45, 7) is 11.0. The fourth-order valence-electron chi connectivity index (χ4n) is 3.36. The van der Waals surface area contributed by atoms with Crippen LogP contribution in [-0.2, 0) is 0 Å². The topological polar surface area (TPSA) is 39.1 Å². The van der Waals surface area contributed by atoms with Crippen LogP contribution in [0, 0.1) is 11.3 Å². The second-order valence-electron chi connectivity index (χ2n) is 5.96. The van der Waals surface area contributed by atoms with Gasteiger partial charge in [0.2, 0.25) is 0 Å². The maximum Gasteiger partial charge on any atom is 0.108 e. The molecule has 1 saturated carbocycles. The number of rotatable bonds is 7. The van der Waals surface area contributed by atoms with E-state index in [0.29, 0.717) is 12.1 Å². The van der Waals surface area contributed by atoms with Gasteiger partial charge in [-0.3, -0.25) is 10.2 Å². The van der Waals surface area contributed by atoms with E-state index in [9.17, 15) is 5.26 Å². The van der Waals surface area contributed by atoms with Crippen molar-refractivity contribution in [1.29, 1.82) is 5.26 Å². The molecular weight excluding hydrogens is 234 g/mol. The van der Waals surface area contributed by atoms with Gasteiger partial charge in [0.25, 0.3) is 0 Å². The molecule has 1 rings (SSSR count). The van der Waals surface area contributed by atoms with E-state index in [1.54, 1.807) is 0 Å². The van der Waals surface area contributed by atoms with Crippen LogP contribution in [0.3, 0.4) is 0 Å². The summed E-state index contributed by atoms with van der Waals surface area (Å²) < 4.78 is 0. The summed E-state index contributed by atoms with van der Waals surface area (Å²) >= 11 is 0. The lowest BCUT2D eigenvalue weighted by Crippen LogP contribution is -2.54. The monoisotopic (exact) mass is 265 g/mol. The molecule has 0 bridgehead atoms. The van der Waals surface area contributed by atoms with Gasteiger partial charge in [-0.2, -0.15) is 5.26 Å². The summed E-state index contributed by atoms with van der Waals surface area (Å²) in [6, 6.07) is 3.77. The smallest absolute Gasteiger partial charge is 0.108 e. The van der Waals surface area contributed by atoms with E-state index in [1.807, 2.05) is 0 Å². The first-order valence-corrected chi connectivity index (χ1v) is 8.04. The van der Waals surface area contributed by atoms with Crippen LogP contribution in [0.25, 0.3) is 0 Å². The minimum absolute atomic E-state index is 0.278. The zero-order valence-corrected chi connectivity index (χ0v) is 13.2. The van der Waals surface area contributed by atoms with Crippen LogP contribution >= 0.6 is 0 Å². The second kappa shape index (κ2) is 7.87. The van der Waals surface area contributed by atoms with Gasteiger partial charge >= 0.3 is 0 Å². The van der Waals surface area contributed by atoms with Crippen molar-refractivity contribution >= 4 is 0 Å². The van der Waals surface area contributed by atoms with Crippen molar-refractivity contribution in [3.63, 3.8) is 0 Å². The molecule has 19 heavy (non-hydrogen) atoms. The van der Waals surface area contributed by atoms with Crippen molar-refractivity contribution in [1.82, 2.24) is 10.2 Å². The van der Waals surface area contributed by atoms with Crippen molar-refractivity contribution in [3.05, 3.63) is 0 Å². The third kappa shape index (κ3) is 4.19. The average molecular weight is 265 g/mol. The average Bonchev–Trinajstić information content (AvgIpc) is 2.46. The molecular formula is C16H31N3. The zero-order valence-electron chi connectivity index (χ0n) is 13.2. The van der Waals surface area contributed by atoms with Crippen molar-refractivity contribution in [3.8, 4) is 6.07 Å². The van der Waals surface area contributed by atoms with E-state index in [0.717, 1.165) is 32.4 Å². The lowest BCUT2D eigenvalue weighted by molar-refractivity contribution is 0.0892. The summed E-state index contributed by atoms with van der Waals surface area (Å²) in [5, 5.41) is 13.1. The highest BCUT2D eigenvalue weighted by molar-refractivity contribution is 5.11. The molecule has 0 aromatic rings. The molecule has 3 heteroatoms. The fraction of sp³-hybridized carbons (Fsp3) is 0.938. The van der Waals surface area contributed by atoms with Crippen molar-refractivity contribution in [2.45, 2.75) is 83.8 Å². The molecule has 0 aromatic carbocycles. The van der Waals surface area contributed by atoms with Gasteiger partial charge in [0, 0.05) is 12.1 Å². The summed E-state index contributed by atoms with van der Waals surface area (Å²) in [7, 11) is 0. The van der Waals surface area contributed by atoms with Gasteiger partial charge in [0.15, 0.2) is 0 Å². The van der Waals surface area contributed by atoms with Crippen molar-refractivity contribution < 1.29 is 0 Å². The van der Waals surface area contributed by atoms with Gasteiger partial charge in [0.1, 0.15) is 5.54 Å². The number of hydrogen-bond donors (Lipinski definition) is 1. The van der Waals surface area contributed by atoms with Gasteiger partial charge in [-0.1, -0.05) is 20.8 Å². The summed E-state index contributed by atoms with van der Waals surface area (Å²) in [5.74, 6) is 0. The molecule has 3 unspecified atom stereocenters. The Bertz CT molecular complexity index is 297. The first-order valence-electron chi connectivity index (χ1n) is 8.04. The standard InChI is InChI=1S/C16H31N3/c1-5-11-18-16(13-17)10-8-9-15(12-16)19(7-3)14(4)6-2/h14-15,18H,5-12H2,1-4H3. The predicted octanol–water partition coefficient (Wildman–Crippen LogP) is 3.31. The molecule has 110 valence electrons. The van der Waals surface area contributed by atoms with Gasteiger partial charge < -0.3 is 0 Å².